The summed E-state index contributed by atoms with van der Waals surface area (Å²) in [7, 11) is 1.80. The van der Waals surface area contributed by atoms with Crippen molar-refractivity contribution in [2.75, 3.05) is 13.6 Å². The molecule has 0 aliphatic rings. The van der Waals surface area contributed by atoms with Crippen LogP contribution in [0.25, 0.3) is 0 Å². The molecule has 2 N–H and O–H groups in total. The fraction of sp³-hybridized carbons (Fsp3) is 0.368. The topological polar surface area (TPSA) is 49.3 Å². The van der Waals surface area contributed by atoms with Crippen molar-refractivity contribution in [3.63, 3.8) is 0 Å². The first kappa shape index (κ1) is 17.0. The number of aryl methyl sites for hydroxylation is 2. The van der Waals surface area contributed by atoms with Crippen LogP contribution in [0.3, 0.4) is 0 Å². The largest absolute Gasteiger partial charge is 0.356 e. The molecule has 122 valence electrons. The van der Waals surface area contributed by atoms with Gasteiger partial charge < -0.3 is 10.6 Å². The molecule has 0 amide bonds. The van der Waals surface area contributed by atoms with Crippen molar-refractivity contribution >= 4 is 5.96 Å². The highest BCUT2D eigenvalue weighted by Crippen LogP contribution is 2.16. The zero-order valence-electron chi connectivity index (χ0n) is 14.4. The maximum atomic E-state index is 4.32. The van der Waals surface area contributed by atoms with Crippen molar-refractivity contribution in [2.45, 2.75) is 33.2 Å². The van der Waals surface area contributed by atoms with Crippen LogP contribution in [0.4, 0.5) is 0 Å². The van der Waals surface area contributed by atoms with Gasteiger partial charge in [0.15, 0.2) is 5.96 Å². The van der Waals surface area contributed by atoms with Crippen molar-refractivity contribution in [3.05, 3.63) is 65.0 Å². The first-order valence-corrected chi connectivity index (χ1v) is 8.04. The molecular weight excluding hydrogens is 284 g/mol. The van der Waals surface area contributed by atoms with E-state index in [1.165, 1.54) is 22.3 Å². The minimum atomic E-state index is 0.213. The van der Waals surface area contributed by atoms with Gasteiger partial charge in [0, 0.05) is 26.0 Å². The first-order valence-electron chi connectivity index (χ1n) is 8.04. The number of hydrogen-bond donors (Lipinski definition) is 2. The predicted octanol–water partition coefficient (Wildman–Crippen LogP) is 3.17. The van der Waals surface area contributed by atoms with Crippen LogP contribution < -0.4 is 10.6 Å². The van der Waals surface area contributed by atoms with E-state index in [1.807, 2.05) is 12.4 Å². The summed E-state index contributed by atoms with van der Waals surface area (Å²) in [6, 6.07) is 10.7. The molecule has 2 aromatic rings. The Bertz CT molecular complexity index is 664. The van der Waals surface area contributed by atoms with E-state index in [2.05, 4.69) is 71.7 Å². The van der Waals surface area contributed by atoms with Crippen LogP contribution in [-0.2, 0) is 6.42 Å². The molecule has 0 fully saturated rings. The fourth-order valence-electron chi connectivity index (χ4n) is 2.65. The number of guanidine groups is 1. The van der Waals surface area contributed by atoms with Crippen LogP contribution in [0.2, 0.25) is 0 Å². The number of nitrogens with zero attached hydrogens (tertiary/aromatic N) is 2. The van der Waals surface area contributed by atoms with Crippen LogP contribution >= 0.6 is 0 Å². The molecule has 0 saturated carbocycles. The average molecular weight is 310 g/mol. The monoisotopic (exact) mass is 310 g/mol. The summed E-state index contributed by atoms with van der Waals surface area (Å²) in [6.07, 6.45) is 4.70. The Morgan fingerprint density at radius 1 is 1.17 bits per heavy atom. The molecule has 1 aromatic heterocycles. The molecule has 0 aliphatic carbocycles. The molecule has 1 heterocycles. The molecule has 1 atom stereocenters. The standard InChI is InChI=1S/C19H26N4/c1-14-7-5-6-8-18(14)16(3)23-19(20-4)22-12-10-17-9-11-21-13-15(17)2/h5-9,11,13,16H,10,12H2,1-4H3,(H2,20,22,23). The molecule has 23 heavy (non-hydrogen) atoms. The van der Waals surface area contributed by atoms with Crippen molar-refractivity contribution in [1.29, 1.82) is 0 Å². The lowest BCUT2D eigenvalue weighted by Crippen LogP contribution is -2.39. The van der Waals surface area contributed by atoms with Gasteiger partial charge in [0.1, 0.15) is 0 Å². The second-order valence-corrected chi connectivity index (χ2v) is 5.77. The molecule has 0 aliphatic heterocycles. The quantitative estimate of drug-likeness (QED) is 0.659. The molecule has 1 unspecified atom stereocenters. The van der Waals surface area contributed by atoms with E-state index < -0.39 is 0 Å². The second kappa shape index (κ2) is 8.32. The lowest BCUT2D eigenvalue weighted by molar-refractivity contribution is 0.680. The van der Waals surface area contributed by atoms with Crippen molar-refractivity contribution in [1.82, 2.24) is 15.6 Å². The van der Waals surface area contributed by atoms with Gasteiger partial charge in [0.2, 0.25) is 0 Å². The van der Waals surface area contributed by atoms with Gasteiger partial charge in [0.05, 0.1) is 6.04 Å². The number of pyridine rings is 1. The second-order valence-electron chi connectivity index (χ2n) is 5.77. The Labute approximate surface area is 139 Å². The Kier molecular flexibility index (Phi) is 6.15. The SMILES string of the molecule is CN=C(NCCc1ccncc1C)NC(C)c1ccccc1C. The number of nitrogens with one attached hydrogen (secondary N) is 2. The van der Waals surface area contributed by atoms with Gasteiger partial charge >= 0.3 is 0 Å². The summed E-state index contributed by atoms with van der Waals surface area (Å²) in [5.74, 6) is 0.826. The van der Waals surface area contributed by atoms with Gasteiger partial charge in [-0.05, 0) is 55.5 Å². The number of rotatable bonds is 5. The molecule has 0 radical (unpaired) electrons. The number of benzene rings is 1. The van der Waals surface area contributed by atoms with Gasteiger partial charge in [-0.15, -0.1) is 0 Å². The third-order valence-corrected chi connectivity index (χ3v) is 4.06. The number of hydrogen-bond acceptors (Lipinski definition) is 2. The average Bonchev–Trinajstić information content (AvgIpc) is 2.56. The van der Waals surface area contributed by atoms with Gasteiger partial charge in [-0.2, -0.15) is 0 Å². The highest BCUT2D eigenvalue weighted by Gasteiger charge is 2.09. The van der Waals surface area contributed by atoms with E-state index in [0.717, 1.165) is 18.9 Å². The molecule has 0 saturated heterocycles. The van der Waals surface area contributed by atoms with Crippen molar-refractivity contribution in [2.24, 2.45) is 4.99 Å². The minimum absolute atomic E-state index is 0.213. The van der Waals surface area contributed by atoms with Gasteiger partial charge in [-0.25, -0.2) is 0 Å². The third kappa shape index (κ3) is 4.81. The summed E-state index contributed by atoms with van der Waals surface area (Å²) in [6.45, 7) is 7.22. The molecule has 0 bridgehead atoms. The van der Waals surface area contributed by atoms with Crippen molar-refractivity contribution in [3.8, 4) is 0 Å². The smallest absolute Gasteiger partial charge is 0.191 e. The molecule has 4 heteroatoms. The van der Waals surface area contributed by atoms with E-state index in [4.69, 9.17) is 0 Å². The van der Waals surface area contributed by atoms with E-state index in [-0.39, 0.29) is 6.04 Å². The van der Waals surface area contributed by atoms with Crippen molar-refractivity contribution < 1.29 is 0 Å². The van der Waals surface area contributed by atoms with E-state index in [0.29, 0.717) is 0 Å². The number of aromatic nitrogens is 1. The normalized spacial score (nSPS) is 12.8. The lowest BCUT2D eigenvalue weighted by Gasteiger charge is -2.20. The van der Waals surface area contributed by atoms with Crippen LogP contribution in [0, 0.1) is 13.8 Å². The highest BCUT2D eigenvalue weighted by molar-refractivity contribution is 5.80. The summed E-state index contributed by atoms with van der Waals surface area (Å²) in [4.78, 5) is 8.45. The van der Waals surface area contributed by atoms with Crippen LogP contribution in [-0.4, -0.2) is 24.5 Å². The third-order valence-electron chi connectivity index (χ3n) is 4.06. The summed E-state index contributed by atoms with van der Waals surface area (Å²) in [5, 5.41) is 6.83. The van der Waals surface area contributed by atoms with Gasteiger partial charge in [-0.3, -0.25) is 9.98 Å². The van der Waals surface area contributed by atoms with Crippen LogP contribution in [0.15, 0.2) is 47.7 Å². The maximum Gasteiger partial charge on any atom is 0.191 e. The molecule has 0 spiro atoms. The fourth-order valence-corrected chi connectivity index (χ4v) is 2.65. The molecular formula is C19H26N4. The molecule has 1 aromatic carbocycles. The Morgan fingerprint density at radius 3 is 2.65 bits per heavy atom. The first-order chi connectivity index (χ1) is 11.1. The Hall–Kier alpha value is -2.36. The van der Waals surface area contributed by atoms with Gasteiger partial charge in [-0.1, -0.05) is 24.3 Å². The maximum absolute atomic E-state index is 4.32. The minimum Gasteiger partial charge on any atom is -0.356 e. The highest BCUT2D eigenvalue weighted by atomic mass is 15.2. The summed E-state index contributed by atoms with van der Waals surface area (Å²) >= 11 is 0. The zero-order chi connectivity index (χ0) is 16.7. The van der Waals surface area contributed by atoms with E-state index in [1.54, 1.807) is 7.05 Å². The van der Waals surface area contributed by atoms with Crippen LogP contribution in [0.5, 0.6) is 0 Å². The molecule has 4 nitrogen and oxygen atoms in total. The van der Waals surface area contributed by atoms with E-state index in [9.17, 15) is 0 Å². The molecule has 2 rings (SSSR count). The summed E-state index contributed by atoms with van der Waals surface area (Å²) in [5.41, 5.74) is 5.12. The van der Waals surface area contributed by atoms with E-state index >= 15 is 0 Å². The zero-order valence-corrected chi connectivity index (χ0v) is 14.4. The van der Waals surface area contributed by atoms with Crippen LogP contribution in [0.1, 0.15) is 35.2 Å². The van der Waals surface area contributed by atoms with Gasteiger partial charge in [0.25, 0.3) is 0 Å². The predicted molar refractivity (Wildman–Crippen MR) is 96.8 cm³/mol. The lowest BCUT2D eigenvalue weighted by atomic mass is 10.0. The Morgan fingerprint density at radius 2 is 1.96 bits per heavy atom. The number of aliphatic imine (C=N–C) groups is 1. The Balaban J connectivity index is 1.89. The summed E-state index contributed by atoms with van der Waals surface area (Å²) < 4.78 is 0.